The molecule has 4 N–H and O–H groups in total. The van der Waals surface area contributed by atoms with Crippen LogP contribution < -0.4 is 10.6 Å². The molecule has 9 atom stereocenters. The van der Waals surface area contributed by atoms with E-state index in [0.717, 1.165) is 42.6 Å². The van der Waals surface area contributed by atoms with Crippen molar-refractivity contribution in [3.05, 3.63) is 59.7 Å². The van der Waals surface area contributed by atoms with Gasteiger partial charge in [-0.05, 0) is 97.8 Å². The van der Waals surface area contributed by atoms with Crippen LogP contribution in [0.5, 0.6) is 0 Å². The predicted octanol–water partition coefficient (Wildman–Crippen LogP) is 3.45. The summed E-state index contributed by atoms with van der Waals surface area (Å²) in [6, 6.07) is 15.1. The van der Waals surface area contributed by atoms with Crippen molar-refractivity contribution in [1.82, 2.24) is 20.6 Å². The van der Waals surface area contributed by atoms with Crippen molar-refractivity contribution in [2.24, 2.45) is 29.1 Å². The Hall–Kier alpha value is -2.82. The van der Waals surface area contributed by atoms with Crippen molar-refractivity contribution in [2.45, 2.75) is 83.8 Å². The second-order valence-electron chi connectivity index (χ2n) is 14.7. The molecule has 2 heterocycles. The van der Waals surface area contributed by atoms with Gasteiger partial charge in [-0.25, -0.2) is 0 Å². The summed E-state index contributed by atoms with van der Waals surface area (Å²) < 4.78 is 0. The molecule has 9 heteroatoms. The maximum Gasteiger partial charge on any atom is 0.251 e. The van der Waals surface area contributed by atoms with Crippen molar-refractivity contribution in [1.29, 1.82) is 0 Å². The van der Waals surface area contributed by atoms with E-state index in [-0.39, 0.29) is 30.5 Å². The van der Waals surface area contributed by atoms with E-state index in [1.165, 1.54) is 6.42 Å². The Morgan fingerprint density at radius 3 is 2.47 bits per heavy atom. The minimum Gasteiger partial charge on any atom is -0.394 e. The summed E-state index contributed by atoms with van der Waals surface area (Å²) >= 11 is 0. The maximum atomic E-state index is 14.0. The Labute approximate surface area is 267 Å². The molecule has 0 radical (unpaired) electrons. The molecule has 9 nitrogen and oxygen atoms in total. The molecule has 0 aromatic heterocycles. The lowest BCUT2D eigenvalue weighted by Gasteiger charge is -2.62. The van der Waals surface area contributed by atoms with Crippen LogP contribution in [0, 0.1) is 29.1 Å². The third-order valence-electron chi connectivity index (χ3n) is 11.5. The topological polar surface area (TPSA) is 114 Å². The number of rotatable bonds is 9. The molecule has 5 aliphatic rings. The Bertz CT molecular complexity index is 1400. The fourth-order valence-corrected chi connectivity index (χ4v) is 8.68. The summed E-state index contributed by atoms with van der Waals surface area (Å²) in [5, 5.41) is 29.1. The van der Waals surface area contributed by atoms with Crippen LogP contribution in [0.15, 0.2) is 48.5 Å². The number of aliphatic hydroxyl groups excluding tert-OH is 2. The monoisotopic (exact) mass is 618 g/mol. The highest BCUT2D eigenvalue weighted by molar-refractivity contribution is 5.95. The number of hydrogen-bond donors (Lipinski definition) is 4. The average molecular weight is 619 g/mol. The molecule has 0 unspecified atom stereocenters. The molecule has 244 valence electrons. The molecule has 5 fully saturated rings. The van der Waals surface area contributed by atoms with Crippen LogP contribution in [0.1, 0.15) is 62.9 Å². The highest BCUT2D eigenvalue weighted by Crippen LogP contribution is 2.61. The molecule has 2 aliphatic heterocycles. The van der Waals surface area contributed by atoms with Gasteiger partial charge < -0.3 is 25.7 Å². The summed E-state index contributed by atoms with van der Waals surface area (Å²) in [5.41, 5.74) is 3.73. The fraction of sp³-hybridized carbons (Fsp3) is 0.611. The number of aliphatic hydroxyl groups is 2. The van der Waals surface area contributed by atoms with Gasteiger partial charge in [-0.15, -0.1) is 0 Å². The summed E-state index contributed by atoms with van der Waals surface area (Å²) in [7, 11) is 2.07. The fourth-order valence-electron chi connectivity index (χ4n) is 8.68. The number of likely N-dealkylation sites (tertiary alicyclic amines) is 1. The Morgan fingerprint density at radius 1 is 1.09 bits per heavy atom. The lowest BCUT2D eigenvalue weighted by atomic mass is 9.45. The van der Waals surface area contributed by atoms with E-state index in [4.69, 9.17) is 4.84 Å². The van der Waals surface area contributed by atoms with E-state index in [1.54, 1.807) is 12.0 Å². The Kier molecular flexibility index (Phi) is 9.11. The van der Waals surface area contributed by atoms with Crippen LogP contribution in [0.25, 0.3) is 11.1 Å². The van der Waals surface area contributed by atoms with Crippen molar-refractivity contribution in [3.8, 4) is 11.1 Å². The molecule has 0 spiro atoms. The number of carbonyl (C=O) groups is 2. The van der Waals surface area contributed by atoms with Crippen molar-refractivity contribution >= 4 is 11.8 Å². The van der Waals surface area contributed by atoms with Crippen molar-refractivity contribution in [3.63, 3.8) is 0 Å². The highest BCUT2D eigenvalue weighted by Gasteiger charge is 2.57. The predicted molar refractivity (Wildman–Crippen MR) is 173 cm³/mol. The average Bonchev–Trinajstić information content (AvgIpc) is 3.60. The van der Waals surface area contributed by atoms with E-state index in [2.05, 4.69) is 43.4 Å². The molecule has 45 heavy (non-hydrogen) atoms. The molecule has 3 aliphatic carbocycles. The zero-order valence-corrected chi connectivity index (χ0v) is 27.3. The Morgan fingerprint density at radius 2 is 1.82 bits per heavy atom. The third-order valence-corrected chi connectivity index (χ3v) is 11.5. The van der Waals surface area contributed by atoms with Gasteiger partial charge in [-0.3, -0.25) is 14.4 Å². The van der Waals surface area contributed by atoms with E-state index in [0.29, 0.717) is 35.3 Å². The number of hydroxylamine groups is 2. The van der Waals surface area contributed by atoms with Crippen molar-refractivity contribution in [2.75, 3.05) is 26.7 Å². The standard InChI is InChI=1S/C36H50N4O5/c1-21-29-16-27(36(29,3)4)17-30(21)38-35(44)33-32(22(2)42)31(20-41)45-40(33)18-23-8-6-9-24(14-23)25-10-7-11-26(15-25)34(43)37-28-12-13-39(5)19-28/h6-11,14-15,21-22,27-33,41-42H,12-13,16-20H2,1-5H3,(H,37,43)(H,38,44)/t21-,22-,27+,28+,29-,30-,31-,32+,33-/m0/s1. The van der Waals surface area contributed by atoms with Gasteiger partial charge in [0.25, 0.3) is 5.91 Å². The first-order chi connectivity index (χ1) is 21.5. The summed E-state index contributed by atoms with van der Waals surface area (Å²) in [5.74, 6) is 0.771. The number of hydrogen-bond acceptors (Lipinski definition) is 7. The second kappa shape index (κ2) is 12.8. The largest absolute Gasteiger partial charge is 0.394 e. The van der Waals surface area contributed by atoms with E-state index >= 15 is 0 Å². The summed E-state index contributed by atoms with van der Waals surface area (Å²) in [6.45, 7) is 10.5. The second-order valence-corrected chi connectivity index (χ2v) is 14.7. The quantitative estimate of drug-likeness (QED) is 0.341. The van der Waals surface area contributed by atoms with Gasteiger partial charge in [-0.2, -0.15) is 5.06 Å². The van der Waals surface area contributed by atoms with Crippen LogP contribution in [-0.4, -0.2) is 89.1 Å². The molecule has 2 saturated heterocycles. The minimum absolute atomic E-state index is 0.0695. The first-order valence-corrected chi connectivity index (χ1v) is 16.7. The van der Waals surface area contributed by atoms with Gasteiger partial charge in [0.05, 0.1) is 19.3 Å². The molecular formula is C36H50N4O5. The number of carbonyl (C=O) groups excluding carboxylic acids is 2. The van der Waals surface area contributed by atoms with E-state index in [9.17, 15) is 19.8 Å². The van der Waals surface area contributed by atoms with Gasteiger partial charge in [0.2, 0.25) is 5.91 Å². The lowest BCUT2D eigenvalue weighted by Crippen LogP contribution is -2.62. The van der Waals surface area contributed by atoms with Gasteiger partial charge in [0, 0.05) is 30.1 Å². The van der Waals surface area contributed by atoms with Gasteiger partial charge in [-0.1, -0.05) is 51.1 Å². The third kappa shape index (κ3) is 6.30. The van der Waals surface area contributed by atoms with Crippen LogP contribution in [-0.2, 0) is 16.2 Å². The zero-order chi connectivity index (χ0) is 32.0. The number of nitrogens with one attached hydrogen (secondary N) is 2. The molecule has 3 saturated carbocycles. The normalized spacial score (nSPS) is 33.4. The summed E-state index contributed by atoms with van der Waals surface area (Å²) in [6.07, 6.45) is 1.61. The minimum atomic E-state index is -0.844. The van der Waals surface area contributed by atoms with E-state index in [1.807, 2.05) is 48.5 Å². The maximum absolute atomic E-state index is 14.0. The van der Waals surface area contributed by atoms with Crippen molar-refractivity contribution < 1.29 is 24.6 Å². The summed E-state index contributed by atoms with van der Waals surface area (Å²) in [4.78, 5) is 35.4. The van der Waals surface area contributed by atoms with Crippen LogP contribution in [0.4, 0.5) is 0 Å². The lowest BCUT2D eigenvalue weighted by molar-refractivity contribution is -0.183. The van der Waals surface area contributed by atoms with Crippen LogP contribution in [0.3, 0.4) is 0 Å². The van der Waals surface area contributed by atoms with Gasteiger partial charge in [0.15, 0.2) is 0 Å². The molecule has 2 aromatic carbocycles. The highest BCUT2D eigenvalue weighted by atomic mass is 16.7. The first-order valence-electron chi connectivity index (χ1n) is 16.7. The smallest absolute Gasteiger partial charge is 0.251 e. The number of fused-ring (bicyclic) bond motifs is 2. The van der Waals surface area contributed by atoms with E-state index < -0.39 is 24.2 Å². The van der Waals surface area contributed by atoms with Crippen LogP contribution >= 0.6 is 0 Å². The molecule has 2 bridgehead atoms. The molecule has 7 rings (SSSR count). The first kappa shape index (κ1) is 32.1. The molecule has 2 amide bonds. The van der Waals surface area contributed by atoms with Gasteiger partial charge >= 0.3 is 0 Å². The Balaban J connectivity index is 1.18. The van der Waals surface area contributed by atoms with Crippen LogP contribution in [0.2, 0.25) is 0 Å². The van der Waals surface area contributed by atoms with Gasteiger partial charge in [0.1, 0.15) is 12.1 Å². The number of nitrogens with zero attached hydrogens (tertiary/aromatic N) is 2. The number of benzene rings is 2. The molecular weight excluding hydrogens is 568 g/mol. The number of likely N-dealkylation sites (N-methyl/N-ethyl adjacent to an activating group) is 1. The number of amides is 2. The SMILES string of the molecule is C[C@@H]1[C@@H](NC(=O)[C@@H]2[C@H]([C@H](C)O)[C@H](CO)ON2Cc2cccc(-c3cccc(C(=O)N[C@@H]4CCN(C)C4)c3)c2)C[C@H]2C[C@@H]1C2(C)C. The zero-order valence-electron chi connectivity index (χ0n) is 27.3. The molecule has 2 aromatic rings.